The second kappa shape index (κ2) is 6.33. The summed E-state index contributed by atoms with van der Waals surface area (Å²) in [5.41, 5.74) is 0.912. The molecule has 0 aromatic carbocycles. The zero-order valence-electron chi connectivity index (χ0n) is 13.0. The highest BCUT2D eigenvalue weighted by Gasteiger charge is 2.20. The average Bonchev–Trinajstić information content (AvgIpc) is 2.94. The maximum Gasteiger partial charge on any atom is 0.180 e. The second-order valence-corrected chi connectivity index (χ2v) is 6.17. The van der Waals surface area contributed by atoms with Gasteiger partial charge in [-0.05, 0) is 25.2 Å². The summed E-state index contributed by atoms with van der Waals surface area (Å²) in [5, 5.41) is 6.99. The first-order valence-corrected chi connectivity index (χ1v) is 8.10. The van der Waals surface area contributed by atoms with Crippen LogP contribution >= 0.6 is 0 Å². The van der Waals surface area contributed by atoms with E-state index in [1.807, 2.05) is 23.0 Å². The van der Waals surface area contributed by atoms with E-state index in [2.05, 4.69) is 29.5 Å². The van der Waals surface area contributed by atoms with Crippen molar-refractivity contribution in [3.63, 3.8) is 0 Å². The monoisotopic (exact) mass is 287 g/mol. The van der Waals surface area contributed by atoms with Gasteiger partial charge in [-0.15, -0.1) is 0 Å². The Hall–Kier alpha value is -1.78. The molecule has 0 aliphatic heterocycles. The molecule has 1 fully saturated rings. The second-order valence-electron chi connectivity index (χ2n) is 6.17. The van der Waals surface area contributed by atoms with Gasteiger partial charge in [0.2, 0.25) is 0 Å². The van der Waals surface area contributed by atoms with Gasteiger partial charge in [0, 0.05) is 25.0 Å². The number of fused-ring (bicyclic) bond motifs is 1. The van der Waals surface area contributed by atoms with Crippen molar-refractivity contribution in [2.24, 2.45) is 5.92 Å². The molecule has 0 bridgehead atoms. The van der Waals surface area contributed by atoms with Crippen molar-refractivity contribution in [2.45, 2.75) is 52.0 Å². The molecule has 1 aliphatic rings. The molecule has 2 aromatic heterocycles. The summed E-state index contributed by atoms with van der Waals surface area (Å²) in [6.07, 6.45) is 12.0. The first-order chi connectivity index (χ1) is 10.3. The summed E-state index contributed by atoms with van der Waals surface area (Å²) >= 11 is 0. The third kappa shape index (κ3) is 3.28. The van der Waals surface area contributed by atoms with E-state index in [0.29, 0.717) is 6.04 Å². The topological polar surface area (TPSA) is 54.2 Å². The Kier molecular flexibility index (Phi) is 4.27. The van der Waals surface area contributed by atoms with Crippen molar-refractivity contribution in [2.75, 3.05) is 17.2 Å². The molecule has 0 radical (unpaired) electrons. The first-order valence-electron chi connectivity index (χ1n) is 8.10. The predicted molar refractivity (Wildman–Crippen MR) is 86.8 cm³/mol. The molecule has 2 atom stereocenters. The van der Waals surface area contributed by atoms with Gasteiger partial charge in [0.05, 0.1) is 6.20 Å². The Balaban J connectivity index is 1.83. The quantitative estimate of drug-likeness (QED) is 0.883. The minimum Gasteiger partial charge on any atom is -0.369 e. The first kappa shape index (κ1) is 14.2. The number of hydrogen-bond donors (Lipinski definition) is 2. The third-order valence-electron chi connectivity index (χ3n) is 4.21. The molecule has 1 aliphatic carbocycles. The molecule has 0 amide bonds. The lowest BCUT2D eigenvalue weighted by atomic mass is 9.87. The van der Waals surface area contributed by atoms with Crippen LogP contribution in [0.25, 0.3) is 5.65 Å². The minimum atomic E-state index is 0.517. The Bertz CT molecular complexity index is 591. The third-order valence-corrected chi connectivity index (χ3v) is 4.21. The van der Waals surface area contributed by atoms with Gasteiger partial charge in [0.1, 0.15) is 5.82 Å². The maximum absolute atomic E-state index is 4.72. The fraction of sp³-hybridized carbons (Fsp3) is 0.625. The zero-order valence-corrected chi connectivity index (χ0v) is 13.0. The average molecular weight is 287 g/mol. The Morgan fingerprint density at radius 2 is 2.29 bits per heavy atom. The molecule has 5 heteroatoms. The normalized spacial score (nSPS) is 22.4. The summed E-state index contributed by atoms with van der Waals surface area (Å²) in [5.74, 6) is 2.61. The van der Waals surface area contributed by atoms with Gasteiger partial charge >= 0.3 is 0 Å². The zero-order chi connectivity index (χ0) is 14.7. The molecule has 21 heavy (non-hydrogen) atoms. The van der Waals surface area contributed by atoms with Crippen LogP contribution < -0.4 is 10.6 Å². The minimum absolute atomic E-state index is 0.517. The molecule has 2 aromatic rings. The smallest absolute Gasteiger partial charge is 0.180 e. The molecule has 114 valence electrons. The standard InChI is InChI=1S/C16H25N5/c1-3-7-17-14-11-21-9-8-18-16(21)15(20-14)19-13-6-4-5-12(2)10-13/h8-9,11-13,17H,3-7,10H2,1-2H3,(H,19,20). The van der Waals surface area contributed by atoms with Gasteiger partial charge in [-0.3, -0.25) is 0 Å². The van der Waals surface area contributed by atoms with Gasteiger partial charge in [-0.25, -0.2) is 9.97 Å². The van der Waals surface area contributed by atoms with E-state index in [1.165, 1.54) is 25.7 Å². The molecule has 2 N–H and O–H groups in total. The Labute approximate surface area is 126 Å². The molecule has 1 saturated carbocycles. The van der Waals surface area contributed by atoms with Gasteiger partial charge in [-0.2, -0.15) is 0 Å². The molecular weight excluding hydrogens is 262 g/mol. The van der Waals surface area contributed by atoms with Crippen LogP contribution in [0.5, 0.6) is 0 Å². The summed E-state index contributed by atoms with van der Waals surface area (Å²) in [7, 11) is 0. The van der Waals surface area contributed by atoms with Crippen molar-refractivity contribution in [3.05, 3.63) is 18.6 Å². The fourth-order valence-electron chi connectivity index (χ4n) is 3.13. The van der Waals surface area contributed by atoms with E-state index >= 15 is 0 Å². The summed E-state index contributed by atoms with van der Waals surface area (Å²) < 4.78 is 2.04. The lowest BCUT2D eigenvalue weighted by molar-refractivity contribution is 0.358. The van der Waals surface area contributed by atoms with E-state index < -0.39 is 0 Å². The van der Waals surface area contributed by atoms with E-state index in [1.54, 1.807) is 0 Å². The van der Waals surface area contributed by atoms with Gasteiger partial charge in [0.15, 0.2) is 11.5 Å². The summed E-state index contributed by atoms with van der Waals surface area (Å²) in [4.78, 5) is 9.16. The highest BCUT2D eigenvalue weighted by Crippen LogP contribution is 2.27. The number of anilines is 2. The fourth-order valence-corrected chi connectivity index (χ4v) is 3.13. The molecule has 2 unspecified atom stereocenters. The molecule has 2 heterocycles. The summed E-state index contributed by atoms with van der Waals surface area (Å²) in [6.45, 7) is 5.43. The van der Waals surface area contributed by atoms with E-state index in [0.717, 1.165) is 36.2 Å². The van der Waals surface area contributed by atoms with Gasteiger partial charge < -0.3 is 15.0 Å². The van der Waals surface area contributed by atoms with Crippen molar-refractivity contribution in [1.29, 1.82) is 0 Å². The van der Waals surface area contributed by atoms with Crippen LogP contribution in [-0.2, 0) is 0 Å². The van der Waals surface area contributed by atoms with E-state index in [-0.39, 0.29) is 0 Å². The van der Waals surface area contributed by atoms with Gasteiger partial charge in [0.25, 0.3) is 0 Å². The number of aromatic nitrogens is 3. The maximum atomic E-state index is 4.72. The molecule has 5 nitrogen and oxygen atoms in total. The van der Waals surface area contributed by atoms with Crippen LogP contribution in [0.2, 0.25) is 0 Å². The van der Waals surface area contributed by atoms with Crippen LogP contribution in [0.1, 0.15) is 46.0 Å². The van der Waals surface area contributed by atoms with Crippen molar-refractivity contribution in [3.8, 4) is 0 Å². The van der Waals surface area contributed by atoms with Crippen LogP contribution in [0.4, 0.5) is 11.6 Å². The number of nitrogens with one attached hydrogen (secondary N) is 2. The number of nitrogens with zero attached hydrogens (tertiary/aromatic N) is 3. The number of imidazole rings is 1. The largest absolute Gasteiger partial charge is 0.369 e. The molecule has 0 spiro atoms. The molecule has 3 rings (SSSR count). The number of hydrogen-bond acceptors (Lipinski definition) is 4. The number of rotatable bonds is 5. The predicted octanol–water partition coefficient (Wildman–Crippen LogP) is 3.54. The molecule has 0 saturated heterocycles. The van der Waals surface area contributed by atoms with Crippen LogP contribution in [0.15, 0.2) is 18.6 Å². The van der Waals surface area contributed by atoms with Crippen molar-refractivity contribution >= 4 is 17.3 Å². The lowest BCUT2D eigenvalue weighted by Gasteiger charge is -2.28. The van der Waals surface area contributed by atoms with Crippen molar-refractivity contribution < 1.29 is 0 Å². The Morgan fingerprint density at radius 1 is 1.38 bits per heavy atom. The van der Waals surface area contributed by atoms with Crippen molar-refractivity contribution in [1.82, 2.24) is 14.4 Å². The van der Waals surface area contributed by atoms with E-state index in [9.17, 15) is 0 Å². The highest BCUT2D eigenvalue weighted by atomic mass is 15.2. The van der Waals surface area contributed by atoms with E-state index in [4.69, 9.17) is 4.98 Å². The Morgan fingerprint density at radius 3 is 3.10 bits per heavy atom. The van der Waals surface area contributed by atoms with Crippen LogP contribution in [0.3, 0.4) is 0 Å². The van der Waals surface area contributed by atoms with Crippen LogP contribution in [-0.4, -0.2) is 27.0 Å². The highest BCUT2D eigenvalue weighted by molar-refractivity contribution is 5.65. The lowest BCUT2D eigenvalue weighted by Crippen LogP contribution is -2.27. The SMILES string of the molecule is CCCNc1cn2ccnc2c(NC2CCCC(C)C2)n1. The van der Waals surface area contributed by atoms with Crippen LogP contribution in [0, 0.1) is 5.92 Å². The summed E-state index contributed by atoms with van der Waals surface area (Å²) in [6, 6.07) is 0.517. The molecular formula is C16H25N5. The van der Waals surface area contributed by atoms with Gasteiger partial charge in [-0.1, -0.05) is 26.7 Å².